The zero-order chi connectivity index (χ0) is 17.6. The number of nitrogens with one attached hydrogen (secondary N) is 2. The molecule has 2 aromatic carbocycles. The lowest BCUT2D eigenvalue weighted by atomic mass is 10.00. The average Bonchev–Trinajstić information content (AvgIpc) is 2.62. The zero-order valence-corrected chi connectivity index (χ0v) is 14.2. The van der Waals surface area contributed by atoms with Gasteiger partial charge in [0.25, 0.3) is 5.91 Å². The van der Waals surface area contributed by atoms with E-state index in [1.807, 2.05) is 48.5 Å². The maximum atomic E-state index is 12.5. The van der Waals surface area contributed by atoms with Gasteiger partial charge in [-0.05, 0) is 30.2 Å². The van der Waals surface area contributed by atoms with Gasteiger partial charge in [0, 0.05) is 31.0 Å². The van der Waals surface area contributed by atoms with Crippen LogP contribution in [-0.2, 0) is 11.2 Å². The van der Waals surface area contributed by atoms with E-state index in [9.17, 15) is 9.59 Å². The molecular weight excluding hydrogens is 316 g/mol. The molecule has 5 heteroatoms. The Morgan fingerprint density at radius 2 is 1.88 bits per heavy atom. The Kier molecular flexibility index (Phi) is 5.33. The summed E-state index contributed by atoms with van der Waals surface area (Å²) in [4.78, 5) is 23.4. The first-order chi connectivity index (χ1) is 12.1. The van der Waals surface area contributed by atoms with Crippen LogP contribution < -0.4 is 15.4 Å². The number of fused-ring (bicyclic) bond motifs is 1. The Hall–Kier alpha value is -2.82. The third-order valence-corrected chi connectivity index (χ3v) is 4.27. The number of carbonyl (C=O) groups excluding carboxylic acids is 2. The Labute approximate surface area is 147 Å². The predicted molar refractivity (Wildman–Crippen MR) is 95.6 cm³/mol. The molecule has 130 valence electrons. The molecule has 3 rings (SSSR count). The Morgan fingerprint density at radius 1 is 1.12 bits per heavy atom. The summed E-state index contributed by atoms with van der Waals surface area (Å²) >= 11 is 0. The van der Waals surface area contributed by atoms with E-state index in [0.29, 0.717) is 18.7 Å². The average molecular weight is 338 g/mol. The minimum atomic E-state index is -0.0879. The first-order valence-electron chi connectivity index (χ1n) is 8.49. The van der Waals surface area contributed by atoms with Crippen molar-refractivity contribution in [3.8, 4) is 5.75 Å². The molecule has 1 aliphatic rings. The van der Waals surface area contributed by atoms with E-state index >= 15 is 0 Å². The molecule has 0 radical (unpaired) electrons. The number of benzene rings is 2. The lowest BCUT2D eigenvalue weighted by Gasteiger charge is -2.26. The van der Waals surface area contributed by atoms with Gasteiger partial charge in [-0.1, -0.05) is 30.3 Å². The van der Waals surface area contributed by atoms with Crippen LogP contribution in [0.1, 0.15) is 40.9 Å². The van der Waals surface area contributed by atoms with Crippen molar-refractivity contribution in [2.75, 3.05) is 13.2 Å². The molecule has 0 saturated heterocycles. The molecule has 0 bridgehead atoms. The second kappa shape index (κ2) is 7.83. The van der Waals surface area contributed by atoms with Gasteiger partial charge in [-0.25, -0.2) is 0 Å². The summed E-state index contributed by atoms with van der Waals surface area (Å²) in [6, 6.07) is 15.3. The Morgan fingerprint density at radius 3 is 2.64 bits per heavy atom. The van der Waals surface area contributed by atoms with Crippen molar-refractivity contribution < 1.29 is 14.3 Å². The van der Waals surface area contributed by atoms with Gasteiger partial charge in [-0.15, -0.1) is 0 Å². The van der Waals surface area contributed by atoms with E-state index in [4.69, 9.17) is 4.74 Å². The number of amides is 2. The predicted octanol–water partition coefficient (Wildman–Crippen LogP) is 2.62. The van der Waals surface area contributed by atoms with Gasteiger partial charge >= 0.3 is 0 Å². The van der Waals surface area contributed by atoms with Gasteiger partial charge in [-0.3, -0.25) is 9.59 Å². The van der Waals surface area contributed by atoms with Crippen LogP contribution in [-0.4, -0.2) is 25.0 Å². The molecule has 0 saturated carbocycles. The molecule has 25 heavy (non-hydrogen) atoms. The van der Waals surface area contributed by atoms with E-state index < -0.39 is 0 Å². The van der Waals surface area contributed by atoms with Gasteiger partial charge in [0.2, 0.25) is 5.91 Å². The third-order valence-electron chi connectivity index (χ3n) is 4.27. The van der Waals surface area contributed by atoms with Crippen LogP contribution in [0.2, 0.25) is 0 Å². The fourth-order valence-electron chi connectivity index (χ4n) is 2.94. The van der Waals surface area contributed by atoms with Crippen molar-refractivity contribution in [2.24, 2.45) is 0 Å². The molecule has 2 N–H and O–H groups in total. The van der Waals surface area contributed by atoms with Crippen molar-refractivity contribution in [3.05, 3.63) is 65.2 Å². The maximum absolute atomic E-state index is 12.5. The fourth-order valence-corrected chi connectivity index (χ4v) is 2.94. The van der Waals surface area contributed by atoms with Crippen LogP contribution in [0.25, 0.3) is 0 Å². The van der Waals surface area contributed by atoms with Crippen molar-refractivity contribution in [1.29, 1.82) is 0 Å². The summed E-state index contributed by atoms with van der Waals surface area (Å²) in [6.07, 6.45) is 1.51. The highest BCUT2D eigenvalue weighted by atomic mass is 16.5. The minimum absolute atomic E-state index is 0.0307. The summed E-state index contributed by atoms with van der Waals surface area (Å²) in [5, 5.41) is 5.86. The number of para-hydroxylation sites is 1. The van der Waals surface area contributed by atoms with E-state index in [-0.39, 0.29) is 17.9 Å². The number of hydrogen-bond acceptors (Lipinski definition) is 3. The van der Waals surface area contributed by atoms with Gasteiger partial charge < -0.3 is 15.4 Å². The molecule has 0 fully saturated rings. The van der Waals surface area contributed by atoms with Crippen molar-refractivity contribution in [3.63, 3.8) is 0 Å². The summed E-state index contributed by atoms with van der Waals surface area (Å²) in [6.45, 7) is 2.70. The van der Waals surface area contributed by atoms with Crippen LogP contribution in [0.5, 0.6) is 5.75 Å². The summed E-state index contributed by atoms with van der Waals surface area (Å²) in [5.74, 6) is 0.718. The molecule has 0 spiro atoms. The standard InChI is InChI=1S/C20H22N2O3/c1-14(23)21-12-10-15-6-8-16(9-7-15)20(24)22-18-11-13-25-19-5-3-2-4-17(18)19/h2-9,18H,10-13H2,1H3,(H,21,23)(H,22,24). The van der Waals surface area contributed by atoms with Crippen molar-refractivity contribution >= 4 is 11.8 Å². The van der Waals surface area contributed by atoms with Crippen LogP contribution in [0.4, 0.5) is 0 Å². The van der Waals surface area contributed by atoms with Gasteiger partial charge in [0.15, 0.2) is 0 Å². The molecular formula is C20H22N2O3. The van der Waals surface area contributed by atoms with Gasteiger partial charge in [0.1, 0.15) is 5.75 Å². The van der Waals surface area contributed by atoms with Gasteiger partial charge in [-0.2, -0.15) is 0 Å². The first kappa shape index (κ1) is 17.0. The smallest absolute Gasteiger partial charge is 0.251 e. The molecule has 5 nitrogen and oxygen atoms in total. The summed E-state index contributed by atoms with van der Waals surface area (Å²) in [5.41, 5.74) is 2.74. The topological polar surface area (TPSA) is 67.4 Å². The second-order valence-corrected chi connectivity index (χ2v) is 6.13. The fraction of sp³-hybridized carbons (Fsp3) is 0.300. The quantitative estimate of drug-likeness (QED) is 0.881. The Balaban J connectivity index is 1.61. The van der Waals surface area contributed by atoms with Gasteiger partial charge in [0.05, 0.1) is 12.6 Å². The van der Waals surface area contributed by atoms with Crippen molar-refractivity contribution in [1.82, 2.24) is 10.6 Å². The van der Waals surface area contributed by atoms with E-state index in [1.54, 1.807) is 0 Å². The minimum Gasteiger partial charge on any atom is -0.493 e. The number of ether oxygens (including phenoxy) is 1. The van der Waals surface area contributed by atoms with Crippen LogP contribution in [0, 0.1) is 0 Å². The molecule has 2 aromatic rings. The normalized spacial score (nSPS) is 15.6. The van der Waals surface area contributed by atoms with E-state index in [0.717, 1.165) is 29.7 Å². The monoisotopic (exact) mass is 338 g/mol. The largest absolute Gasteiger partial charge is 0.493 e. The van der Waals surface area contributed by atoms with Crippen LogP contribution in [0.15, 0.2) is 48.5 Å². The SMILES string of the molecule is CC(=O)NCCc1ccc(C(=O)NC2CCOc3ccccc32)cc1. The van der Waals surface area contributed by atoms with Crippen LogP contribution >= 0.6 is 0 Å². The van der Waals surface area contributed by atoms with E-state index in [2.05, 4.69) is 10.6 Å². The zero-order valence-electron chi connectivity index (χ0n) is 14.2. The maximum Gasteiger partial charge on any atom is 0.251 e. The highest BCUT2D eigenvalue weighted by molar-refractivity contribution is 5.94. The number of hydrogen-bond donors (Lipinski definition) is 2. The lowest BCUT2D eigenvalue weighted by Crippen LogP contribution is -2.32. The van der Waals surface area contributed by atoms with Crippen molar-refractivity contribution in [2.45, 2.75) is 25.8 Å². The summed E-state index contributed by atoms with van der Waals surface area (Å²) < 4.78 is 5.63. The first-order valence-corrected chi connectivity index (χ1v) is 8.49. The molecule has 2 amide bonds. The molecule has 1 unspecified atom stereocenters. The lowest BCUT2D eigenvalue weighted by molar-refractivity contribution is -0.118. The third kappa shape index (κ3) is 4.38. The Bertz CT molecular complexity index is 756. The number of rotatable bonds is 5. The number of carbonyl (C=O) groups is 2. The molecule has 1 atom stereocenters. The van der Waals surface area contributed by atoms with E-state index in [1.165, 1.54) is 6.92 Å². The second-order valence-electron chi connectivity index (χ2n) is 6.13. The highest BCUT2D eigenvalue weighted by Gasteiger charge is 2.22. The molecule has 1 heterocycles. The molecule has 1 aliphatic heterocycles. The molecule has 0 aliphatic carbocycles. The van der Waals surface area contributed by atoms with Crippen LogP contribution in [0.3, 0.4) is 0 Å². The summed E-state index contributed by atoms with van der Waals surface area (Å²) in [7, 11) is 0. The molecule has 0 aromatic heterocycles. The highest BCUT2D eigenvalue weighted by Crippen LogP contribution is 2.31.